The van der Waals surface area contributed by atoms with Crippen LogP contribution in [-0.2, 0) is 9.53 Å². The lowest BCUT2D eigenvalue weighted by atomic mass is 10.0. The molecule has 0 bridgehead atoms. The summed E-state index contributed by atoms with van der Waals surface area (Å²) < 4.78 is 5.07. The highest BCUT2D eigenvalue weighted by atomic mass is 16.5. The first-order valence-electron chi connectivity index (χ1n) is 5.23. The average molecular weight is 201 g/mol. The van der Waals surface area contributed by atoms with E-state index in [2.05, 4.69) is 5.32 Å². The standard InChI is InChI=1S/C10H19NO3/c1-2-3-4-9(12)11-7-10(13)5-6-14-8-10/h13H,2-8H2,1H3,(H,11,12). The van der Waals surface area contributed by atoms with Gasteiger partial charge in [0.15, 0.2) is 0 Å². The van der Waals surface area contributed by atoms with Crippen LogP contribution in [0.15, 0.2) is 0 Å². The van der Waals surface area contributed by atoms with Crippen LogP contribution in [0.4, 0.5) is 0 Å². The molecule has 2 N–H and O–H groups in total. The van der Waals surface area contributed by atoms with Gasteiger partial charge < -0.3 is 15.2 Å². The summed E-state index contributed by atoms with van der Waals surface area (Å²) in [6.45, 7) is 3.28. The van der Waals surface area contributed by atoms with E-state index in [1.165, 1.54) is 0 Å². The van der Waals surface area contributed by atoms with Crippen LogP contribution in [0.5, 0.6) is 0 Å². The van der Waals surface area contributed by atoms with E-state index in [0.717, 1.165) is 12.8 Å². The van der Waals surface area contributed by atoms with Crippen molar-refractivity contribution in [3.63, 3.8) is 0 Å². The fraction of sp³-hybridized carbons (Fsp3) is 0.900. The first-order valence-corrected chi connectivity index (χ1v) is 5.23. The van der Waals surface area contributed by atoms with Gasteiger partial charge in [-0.3, -0.25) is 4.79 Å². The monoisotopic (exact) mass is 201 g/mol. The molecule has 0 aromatic heterocycles. The number of hydrogen-bond acceptors (Lipinski definition) is 3. The van der Waals surface area contributed by atoms with Crippen molar-refractivity contribution in [1.29, 1.82) is 0 Å². The summed E-state index contributed by atoms with van der Waals surface area (Å²) in [5.74, 6) is 0.0205. The number of amides is 1. The molecule has 1 heterocycles. The second-order valence-corrected chi connectivity index (χ2v) is 3.91. The Hall–Kier alpha value is -0.610. The Kier molecular flexibility index (Phi) is 4.35. The fourth-order valence-corrected chi connectivity index (χ4v) is 1.42. The van der Waals surface area contributed by atoms with Gasteiger partial charge in [0.1, 0.15) is 5.60 Å². The van der Waals surface area contributed by atoms with Gasteiger partial charge in [-0.25, -0.2) is 0 Å². The zero-order valence-electron chi connectivity index (χ0n) is 8.71. The molecule has 1 saturated heterocycles. The zero-order chi connectivity index (χ0) is 10.4. The molecule has 1 aliphatic heterocycles. The third kappa shape index (κ3) is 3.64. The first kappa shape index (κ1) is 11.5. The van der Waals surface area contributed by atoms with Crippen molar-refractivity contribution in [3.05, 3.63) is 0 Å². The Morgan fingerprint density at radius 2 is 2.43 bits per heavy atom. The number of aliphatic hydroxyl groups is 1. The molecule has 4 heteroatoms. The molecule has 14 heavy (non-hydrogen) atoms. The minimum Gasteiger partial charge on any atom is -0.386 e. The summed E-state index contributed by atoms with van der Waals surface area (Å²) in [5, 5.41) is 12.6. The molecule has 1 amide bonds. The minimum absolute atomic E-state index is 0.0205. The molecule has 82 valence electrons. The molecule has 0 aliphatic carbocycles. The molecule has 0 aromatic rings. The fourth-order valence-electron chi connectivity index (χ4n) is 1.42. The molecule has 1 aliphatic rings. The van der Waals surface area contributed by atoms with Gasteiger partial charge in [0, 0.05) is 26.0 Å². The van der Waals surface area contributed by atoms with Crippen LogP contribution in [0.2, 0.25) is 0 Å². The molecule has 1 rings (SSSR count). The van der Waals surface area contributed by atoms with E-state index < -0.39 is 5.60 Å². The highest BCUT2D eigenvalue weighted by Gasteiger charge is 2.32. The Balaban J connectivity index is 2.15. The Labute approximate surface area is 84.6 Å². The van der Waals surface area contributed by atoms with Gasteiger partial charge >= 0.3 is 0 Å². The smallest absolute Gasteiger partial charge is 0.220 e. The van der Waals surface area contributed by atoms with Crippen LogP contribution >= 0.6 is 0 Å². The van der Waals surface area contributed by atoms with Crippen LogP contribution < -0.4 is 5.32 Å². The molecule has 1 atom stereocenters. The maximum atomic E-state index is 11.2. The zero-order valence-corrected chi connectivity index (χ0v) is 8.71. The van der Waals surface area contributed by atoms with E-state index in [9.17, 15) is 9.90 Å². The number of rotatable bonds is 5. The largest absolute Gasteiger partial charge is 0.386 e. The van der Waals surface area contributed by atoms with E-state index in [1.54, 1.807) is 0 Å². The molecule has 0 saturated carbocycles. The average Bonchev–Trinajstić information content (AvgIpc) is 2.60. The second kappa shape index (κ2) is 5.32. The topological polar surface area (TPSA) is 58.6 Å². The summed E-state index contributed by atoms with van der Waals surface area (Å²) in [6.07, 6.45) is 3.08. The molecule has 4 nitrogen and oxygen atoms in total. The molecule has 0 spiro atoms. The van der Waals surface area contributed by atoms with Gasteiger partial charge in [-0.1, -0.05) is 13.3 Å². The van der Waals surface area contributed by atoms with E-state index in [1.807, 2.05) is 6.92 Å². The van der Waals surface area contributed by atoms with Crippen molar-refractivity contribution < 1.29 is 14.6 Å². The predicted octanol–water partition coefficient (Wildman–Crippen LogP) is 0.444. The normalized spacial score (nSPS) is 26.4. The second-order valence-electron chi connectivity index (χ2n) is 3.91. The van der Waals surface area contributed by atoms with Crippen LogP contribution in [-0.4, -0.2) is 36.4 Å². The number of carbonyl (C=O) groups is 1. The van der Waals surface area contributed by atoms with Gasteiger partial charge in [0.2, 0.25) is 5.91 Å². The number of ether oxygens (including phenoxy) is 1. The summed E-state index contributed by atoms with van der Waals surface area (Å²) >= 11 is 0. The lowest BCUT2D eigenvalue weighted by Crippen LogP contribution is -2.43. The van der Waals surface area contributed by atoms with Crippen LogP contribution in [0.1, 0.15) is 32.6 Å². The lowest BCUT2D eigenvalue weighted by molar-refractivity contribution is -0.122. The Morgan fingerprint density at radius 1 is 1.64 bits per heavy atom. The van der Waals surface area contributed by atoms with Gasteiger partial charge in [-0.05, 0) is 6.42 Å². The van der Waals surface area contributed by atoms with Gasteiger partial charge in [-0.15, -0.1) is 0 Å². The molecular weight excluding hydrogens is 182 g/mol. The maximum absolute atomic E-state index is 11.2. The SMILES string of the molecule is CCCCC(=O)NCC1(O)CCOC1. The van der Waals surface area contributed by atoms with Gasteiger partial charge in [-0.2, -0.15) is 0 Å². The Bertz CT molecular complexity index is 188. The number of unbranched alkanes of at least 4 members (excludes halogenated alkanes) is 1. The summed E-state index contributed by atoms with van der Waals surface area (Å²) in [4.78, 5) is 11.2. The third-order valence-corrected chi connectivity index (χ3v) is 2.45. The van der Waals surface area contributed by atoms with E-state index in [4.69, 9.17) is 4.74 Å². The van der Waals surface area contributed by atoms with Crippen molar-refractivity contribution in [3.8, 4) is 0 Å². The highest BCUT2D eigenvalue weighted by molar-refractivity contribution is 5.75. The quantitative estimate of drug-likeness (QED) is 0.678. The summed E-state index contributed by atoms with van der Waals surface area (Å²) in [6, 6.07) is 0. The number of carbonyl (C=O) groups excluding carboxylic acids is 1. The van der Waals surface area contributed by atoms with Crippen LogP contribution in [0, 0.1) is 0 Å². The summed E-state index contributed by atoms with van der Waals surface area (Å²) in [7, 11) is 0. The lowest BCUT2D eigenvalue weighted by Gasteiger charge is -2.20. The minimum atomic E-state index is -0.831. The van der Waals surface area contributed by atoms with Crippen molar-refractivity contribution in [2.75, 3.05) is 19.8 Å². The van der Waals surface area contributed by atoms with E-state index in [0.29, 0.717) is 32.6 Å². The van der Waals surface area contributed by atoms with E-state index >= 15 is 0 Å². The highest BCUT2D eigenvalue weighted by Crippen LogP contribution is 2.16. The maximum Gasteiger partial charge on any atom is 0.220 e. The Morgan fingerprint density at radius 3 is 3.00 bits per heavy atom. The van der Waals surface area contributed by atoms with Gasteiger partial charge in [0.05, 0.1) is 6.61 Å². The summed E-state index contributed by atoms with van der Waals surface area (Å²) in [5.41, 5.74) is -0.831. The third-order valence-electron chi connectivity index (χ3n) is 2.45. The van der Waals surface area contributed by atoms with Crippen molar-refractivity contribution in [2.24, 2.45) is 0 Å². The predicted molar refractivity (Wildman–Crippen MR) is 52.9 cm³/mol. The molecular formula is C10H19NO3. The van der Waals surface area contributed by atoms with Crippen LogP contribution in [0.3, 0.4) is 0 Å². The molecule has 1 fully saturated rings. The van der Waals surface area contributed by atoms with Crippen molar-refractivity contribution in [2.45, 2.75) is 38.2 Å². The van der Waals surface area contributed by atoms with Gasteiger partial charge in [0.25, 0.3) is 0 Å². The number of nitrogens with one attached hydrogen (secondary N) is 1. The number of hydrogen-bond donors (Lipinski definition) is 2. The van der Waals surface area contributed by atoms with Crippen molar-refractivity contribution in [1.82, 2.24) is 5.32 Å². The first-order chi connectivity index (χ1) is 6.66. The van der Waals surface area contributed by atoms with E-state index in [-0.39, 0.29) is 5.91 Å². The van der Waals surface area contributed by atoms with Crippen molar-refractivity contribution >= 4 is 5.91 Å². The molecule has 1 unspecified atom stereocenters. The van der Waals surface area contributed by atoms with Crippen LogP contribution in [0.25, 0.3) is 0 Å². The molecule has 0 aromatic carbocycles. The molecule has 0 radical (unpaired) electrons.